The topological polar surface area (TPSA) is 80.6 Å². The molecule has 2 aromatic carbocycles. The summed E-state index contributed by atoms with van der Waals surface area (Å²) in [6, 6.07) is 14.4. The molecule has 29 heavy (non-hydrogen) atoms. The second kappa shape index (κ2) is 8.39. The molecule has 3 aromatic rings. The van der Waals surface area contributed by atoms with Gasteiger partial charge in [-0.15, -0.1) is 0 Å². The Labute approximate surface area is 168 Å². The lowest BCUT2D eigenvalue weighted by molar-refractivity contribution is 0.243. The Morgan fingerprint density at radius 1 is 1.00 bits per heavy atom. The van der Waals surface area contributed by atoms with Gasteiger partial charge in [-0.1, -0.05) is 55.7 Å². The average molecular weight is 392 g/mol. The van der Waals surface area contributed by atoms with E-state index in [1.54, 1.807) is 19.2 Å². The summed E-state index contributed by atoms with van der Waals surface area (Å²) in [6.07, 6.45) is 5.37. The molecule has 1 fully saturated rings. The molecule has 1 aliphatic carbocycles. The van der Waals surface area contributed by atoms with Crippen LogP contribution in [0.1, 0.15) is 32.1 Å². The number of amides is 2. The quantitative estimate of drug-likeness (QED) is 0.660. The minimum absolute atomic E-state index is 0.117. The molecule has 2 N–H and O–H groups in total. The fourth-order valence-corrected chi connectivity index (χ4v) is 3.98. The summed E-state index contributed by atoms with van der Waals surface area (Å²) >= 11 is 0. The van der Waals surface area contributed by atoms with E-state index in [1.807, 2.05) is 36.4 Å². The van der Waals surface area contributed by atoms with Crippen molar-refractivity contribution in [1.29, 1.82) is 0 Å². The number of ether oxygens (including phenoxy) is 1. The van der Waals surface area contributed by atoms with E-state index in [9.17, 15) is 9.59 Å². The molecule has 0 aliphatic heterocycles. The van der Waals surface area contributed by atoms with E-state index in [0.717, 1.165) is 31.2 Å². The smallest absolute Gasteiger partial charge is 0.345 e. The molecule has 6 heteroatoms. The third kappa shape index (κ3) is 3.97. The molecule has 6 nitrogen and oxygen atoms in total. The van der Waals surface area contributed by atoms with E-state index in [1.165, 1.54) is 6.42 Å². The van der Waals surface area contributed by atoms with Gasteiger partial charge in [-0.05, 0) is 25.0 Å². The first-order chi connectivity index (χ1) is 14.2. The largest absolute Gasteiger partial charge is 0.496 e. The van der Waals surface area contributed by atoms with Crippen molar-refractivity contribution in [3.05, 3.63) is 59.0 Å². The zero-order valence-electron chi connectivity index (χ0n) is 16.4. The van der Waals surface area contributed by atoms with E-state index >= 15 is 0 Å². The van der Waals surface area contributed by atoms with Crippen molar-refractivity contribution < 1.29 is 13.9 Å². The van der Waals surface area contributed by atoms with Crippen molar-refractivity contribution in [3.8, 4) is 16.9 Å². The van der Waals surface area contributed by atoms with Crippen LogP contribution in [-0.4, -0.2) is 19.2 Å². The van der Waals surface area contributed by atoms with Crippen LogP contribution in [0.2, 0.25) is 0 Å². The molecule has 1 saturated carbocycles. The Balaban J connectivity index is 1.78. The lowest BCUT2D eigenvalue weighted by Gasteiger charge is -2.23. The van der Waals surface area contributed by atoms with Crippen LogP contribution >= 0.6 is 0 Å². The van der Waals surface area contributed by atoms with Crippen LogP contribution in [-0.2, 0) is 0 Å². The van der Waals surface area contributed by atoms with Gasteiger partial charge in [0.15, 0.2) is 0 Å². The first-order valence-corrected chi connectivity index (χ1v) is 9.94. The van der Waals surface area contributed by atoms with Gasteiger partial charge in [0, 0.05) is 17.0 Å². The molecule has 1 aliphatic rings. The first kappa shape index (κ1) is 19.1. The Kier molecular flexibility index (Phi) is 5.51. The average Bonchev–Trinajstić information content (AvgIpc) is 2.75. The van der Waals surface area contributed by atoms with Crippen LogP contribution < -0.4 is 21.0 Å². The highest BCUT2D eigenvalue weighted by Gasteiger charge is 2.21. The molecule has 0 spiro atoms. The Bertz CT molecular complexity index is 1080. The highest BCUT2D eigenvalue weighted by Crippen LogP contribution is 2.39. The summed E-state index contributed by atoms with van der Waals surface area (Å²) in [6.45, 7) is 0. The van der Waals surface area contributed by atoms with Crippen molar-refractivity contribution in [2.24, 2.45) is 0 Å². The molecular weight excluding hydrogens is 368 g/mol. The summed E-state index contributed by atoms with van der Waals surface area (Å²) in [5.74, 6) is 0.744. The molecule has 0 bridgehead atoms. The zero-order chi connectivity index (χ0) is 20.2. The van der Waals surface area contributed by atoms with Gasteiger partial charge in [0.1, 0.15) is 5.75 Å². The number of benzene rings is 2. The van der Waals surface area contributed by atoms with Gasteiger partial charge in [0.05, 0.1) is 18.1 Å². The normalized spacial score (nSPS) is 14.5. The SMILES string of the molecule is COc1ccccc1-c1c(NC(=O)NC2CCCCC2)oc(=O)c2ccccc12. The number of para-hydroxylation sites is 1. The first-order valence-electron chi connectivity index (χ1n) is 9.94. The minimum Gasteiger partial charge on any atom is -0.496 e. The van der Waals surface area contributed by atoms with Crippen LogP contribution in [0.3, 0.4) is 0 Å². The van der Waals surface area contributed by atoms with Crippen molar-refractivity contribution >= 4 is 22.7 Å². The number of rotatable bonds is 4. The highest BCUT2D eigenvalue weighted by molar-refractivity contribution is 6.04. The monoisotopic (exact) mass is 392 g/mol. The molecule has 150 valence electrons. The number of nitrogens with one attached hydrogen (secondary N) is 2. The highest BCUT2D eigenvalue weighted by atomic mass is 16.5. The van der Waals surface area contributed by atoms with E-state index in [2.05, 4.69) is 10.6 Å². The second-order valence-electron chi connectivity index (χ2n) is 7.27. The number of hydrogen-bond donors (Lipinski definition) is 2. The number of anilines is 1. The van der Waals surface area contributed by atoms with Crippen molar-refractivity contribution in [3.63, 3.8) is 0 Å². The number of methoxy groups -OCH3 is 1. The molecular formula is C23H24N2O4. The Morgan fingerprint density at radius 2 is 1.69 bits per heavy atom. The summed E-state index contributed by atoms with van der Waals surface area (Å²) in [5, 5.41) is 6.91. The summed E-state index contributed by atoms with van der Waals surface area (Å²) in [7, 11) is 1.59. The molecule has 0 saturated heterocycles. The molecule has 2 amide bonds. The number of carbonyl (C=O) groups is 1. The second-order valence-corrected chi connectivity index (χ2v) is 7.27. The van der Waals surface area contributed by atoms with Gasteiger partial charge in [-0.25, -0.2) is 9.59 Å². The van der Waals surface area contributed by atoms with Gasteiger partial charge in [0.2, 0.25) is 5.88 Å². The molecule has 4 rings (SSSR count). The predicted octanol–water partition coefficient (Wildman–Crippen LogP) is 4.92. The summed E-state index contributed by atoms with van der Waals surface area (Å²) in [5.41, 5.74) is 0.867. The van der Waals surface area contributed by atoms with Crippen molar-refractivity contribution in [1.82, 2.24) is 5.32 Å². The minimum atomic E-state index is -0.493. The van der Waals surface area contributed by atoms with Gasteiger partial charge in [0.25, 0.3) is 0 Å². The number of hydrogen-bond acceptors (Lipinski definition) is 4. The van der Waals surface area contributed by atoms with E-state index in [4.69, 9.17) is 9.15 Å². The van der Waals surface area contributed by atoms with Gasteiger partial charge in [-0.3, -0.25) is 5.32 Å². The third-order valence-electron chi connectivity index (χ3n) is 5.38. The summed E-state index contributed by atoms with van der Waals surface area (Å²) in [4.78, 5) is 25.2. The maximum absolute atomic E-state index is 12.7. The van der Waals surface area contributed by atoms with Crippen LogP contribution in [0, 0.1) is 0 Å². The van der Waals surface area contributed by atoms with Crippen LogP contribution in [0.15, 0.2) is 57.7 Å². The lowest BCUT2D eigenvalue weighted by Crippen LogP contribution is -2.39. The fraction of sp³-hybridized carbons (Fsp3) is 0.304. The van der Waals surface area contributed by atoms with Crippen LogP contribution in [0.25, 0.3) is 21.9 Å². The maximum atomic E-state index is 12.7. The zero-order valence-corrected chi connectivity index (χ0v) is 16.4. The van der Waals surface area contributed by atoms with Crippen LogP contribution in [0.5, 0.6) is 5.75 Å². The Hall–Kier alpha value is -3.28. The van der Waals surface area contributed by atoms with E-state index < -0.39 is 5.63 Å². The van der Waals surface area contributed by atoms with E-state index in [-0.39, 0.29) is 18.0 Å². The number of fused-ring (bicyclic) bond motifs is 1. The molecule has 0 radical (unpaired) electrons. The predicted molar refractivity (Wildman–Crippen MR) is 113 cm³/mol. The summed E-state index contributed by atoms with van der Waals surface area (Å²) < 4.78 is 11.1. The third-order valence-corrected chi connectivity index (χ3v) is 5.38. The number of urea groups is 1. The molecule has 0 atom stereocenters. The number of carbonyl (C=O) groups excluding carboxylic acids is 1. The van der Waals surface area contributed by atoms with E-state index in [0.29, 0.717) is 22.1 Å². The Morgan fingerprint density at radius 3 is 2.45 bits per heavy atom. The standard InChI is InChI=1S/C23H24N2O4/c1-28-19-14-8-7-13-18(19)20-16-11-5-6-12-17(16)22(26)29-21(20)25-23(27)24-15-9-3-2-4-10-15/h5-8,11-15H,2-4,9-10H2,1H3,(H2,24,25,27). The van der Waals surface area contributed by atoms with Crippen molar-refractivity contribution in [2.75, 3.05) is 12.4 Å². The molecule has 1 aromatic heterocycles. The molecule has 0 unspecified atom stereocenters. The van der Waals surface area contributed by atoms with Gasteiger partial charge >= 0.3 is 11.7 Å². The van der Waals surface area contributed by atoms with Gasteiger partial charge < -0.3 is 14.5 Å². The molecule has 1 heterocycles. The van der Waals surface area contributed by atoms with Crippen molar-refractivity contribution in [2.45, 2.75) is 38.1 Å². The maximum Gasteiger partial charge on any atom is 0.345 e. The fourth-order valence-electron chi connectivity index (χ4n) is 3.98. The van der Waals surface area contributed by atoms with Gasteiger partial charge in [-0.2, -0.15) is 0 Å². The van der Waals surface area contributed by atoms with Crippen LogP contribution in [0.4, 0.5) is 10.7 Å². The lowest BCUT2D eigenvalue weighted by atomic mass is 9.96.